The molecule has 0 saturated heterocycles. The molecule has 3 rings (SSSR count). The highest BCUT2D eigenvalue weighted by atomic mass is 32.1. The molecule has 0 saturated carbocycles. The van der Waals surface area contributed by atoms with E-state index in [1.54, 1.807) is 5.38 Å². The molecule has 1 aromatic heterocycles. The number of ether oxygens (including phenoxy) is 2. The van der Waals surface area contributed by atoms with Crippen LogP contribution in [0.3, 0.4) is 0 Å². The van der Waals surface area contributed by atoms with Crippen molar-refractivity contribution in [3.63, 3.8) is 0 Å². The molecule has 1 N–H and O–H groups in total. The highest BCUT2D eigenvalue weighted by Crippen LogP contribution is 2.22. The Hall–Kier alpha value is -3.46. The first kappa shape index (κ1) is 19.3. The molecule has 9 heteroatoms. The van der Waals surface area contributed by atoms with E-state index in [2.05, 4.69) is 10.3 Å². The van der Waals surface area contributed by atoms with Gasteiger partial charge in [-0.05, 0) is 31.2 Å². The van der Waals surface area contributed by atoms with Crippen molar-refractivity contribution >= 4 is 33.8 Å². The summed E-state index contributed by atoms with van der Waals surface area (Å²) in [6.45, 7) is 1.76. The minimum atomic E-state index is -0.556. The lowest BCUT2D eigenvalue weighted by atomic mass is 10.2. The van der Waals surface area contributed by atoms with Gasteiger partial charge in [-0.3, -0.25) is 10.1 Å². The van der Waals surface area contributed by atoms with E-state index in [4.69, 9.17) is 9.47 Å². The average Bonchev–Trinajstić information content (AvgIpc) is 3.14. The van der Waals surface area contributed by atoms with Gasteiger partial charge in [0.25, 0.3) is 5.69 Å². The molecule has 3 aromatic rings. The van der Waals surface area contributed by atoms with Crippen LogP contribution in [0.15, 0.2) is 53.9 Å². The Morgan fingerprint density at radius 3 is 2.57 bits per heavy atom. The molecule has 144 valence electrons. The summed E-state index contributed by atoms with van der Waals surface area (Å²) in [7, 11) is 0. The maximum Gasteiger partial charge on any atom is 0.344 e. The zero-order valence-corrected chi connectivity index (χ0v) is 15.8. The molecule has 0 radical (unpaired) electrons. The van der Waals surface area contributed by atoms with E-state index in [0.717, 1.165) is 5.69 Å². The van der Waals surface area contributed by atoms with Gasteiger partial charge in [-0.2, -0.15) is 0 Å². The van der Waals surface area contributed by atoms with Crippen LogP contribution in [0, 0.1) is 17.0 Å². The van der Waals surface area contributed by atoms with Crippen molar-refractivity contribution in [1.29, 1.82) is 0 Å². The lowest BCUT2D eigenvalue weighted by Gasteiger charge is -2.06. The third kappa shape index (κ3) is 5.52. The number of thiazole rings is 1. The first-order chi connectivity index (χ1) is 13.5. The number of esters is 1. The molecule has 28 heavy (non-hydrogen) atoms. The number of nitro groups is 1. The number of non-ortho nitro benzene ring substituents is 1. The van der Waals surface area contributed by atoms with Crippen LogP contribution in [0.2, 0.25) is 0 Å². The van der Waals surface area contributed by atoms with Gasteiger partial charge >= 0.3 is 5.97 Å². The second-order valence-electron chi connectivity index (χ2n) is 5.84. The Morgan fingerprint density at radius 2 is 1.89 bits per heavy atom. The molecule has 0 amide bonds. The monoisotopic (exact) mass is 399 g/mol. The third-order valence-electron chi connectivity index (χ3n) is 3.64. The summed E-state index contributed by atoms with van der Waals surface area (Å²) in [5.74, 6) is -0.208. The number of aryl methyl sites for hydroxylation is 1. The van der Waals surface area contributed by atoms with Gasteiger partial charge in [0.1, 0.15) is 12.4 Å². The van der Waals surface area contributed by atoms with Crippen molar-refractivity contribution in [2.24, 2.45) is 0 Å². The summed E-state index contributed by atoms with van der Waals surface area (Å²) in [6.07, 6.45) is 0. The normalized spacial score (nSPS) is 10.3. The van der Waals surface area contributed by atoms with Gasteiger partial charge in [-0.1, -0.05) is 17.7 Å². The van der Waals surface area contributed by atoms with E-state index in [9.17, 15) is 14.9 Å². The molecule has 0 spiro atoms. The molecule has 2 aromatic carbocycles. The molecular weight excluding hydrogens is 382 g/mol. The predicted octanol–water partition coefficient (Wildman–Crippen LogP) is 4.23. The van der Waals surface area contributed by atoms with Crippen LogP contribution in [-0.2, 0) is 16.1 Å². The van der Waals surface area contributed by atoms with E-state index in [0.29, 0.717) is 16.6 Å². The summed E-state index contributed by atoms with van der Waals surface area (Å²) < 4.78 is 10.4. The van der Waals surface area contributed by atoms with Crippen molar-refractivity contribution in [1.82, 2.24) is 4.98 Å². The van der Waals surface area contributed by atoms with Crippen molar-refractivity contribution in [3.8, 4) is 5.75 Å². The van der Waals surface area contributed by atoms with Gasteiger partial charge < -0.3 is 14.8 Å². The number of anilines is 2. The zero-order valence-electron chi connectivity index (χ0n) is 15.0. The maximum atomic E-state index is 11.8. The molecule has 0 aliphatic rings. The fourth-order valence-electron chi connectivity index (χ4n) is 2.19. The standard InChI is InChI=1S/C19H17N3O5S/c1-13-2-4-14(5-3-13)20-19-21-15(12-28-19)10-27-18(23)11-26-17-8-6-16(7-9-17)22(24)25/h2-9,12H,10-11H2,1H3,(H,20,21). The van der Waals surface area contributed by atoms with Gasteiger partial charge in [0.15, 0.2) is 11.7 Å². The molecule has 0 unspecified atom stereocenters. The third-order valence-corrected chi connectivity index (χ3v) is 4.45. The van der Waals surface area contributed by atoms with Gasteiger partial charge in [0.2, 0.25) is 0 Å². The van der Waals surface area contributed by atoms with Crippen LogP contribution in [0.25, 0.3) is 0 Å². The lowest BCUT2D eigenvalue weighted by molar-refractivity contribution is -0.384. The summed E-state index contributed by atoms with van der Waals surface area (Å²) in [4.78, 5) is 26.3. The van der Waals surface area contributed by atoms with Crippen molar-refractivity contribution in [2.45, 2.75) is 13.5 Å². The molecule has 0 bridgehead atoms. The maximum absolute atomic E-state index is 11.8. The minimum Gasteiger partial charge on any atom is -0.482 e. The van der Waals surface area contributed by atoms with Crippen molar-refractivity contribution in [3.05, 3.63) is 75.3 Å². The SMILES string of the molecule is Cc1ccc(Nc2nc(COC(=O)COc3ccc([N+](=O)[O-])cc3)cs2)cc1. The number of hydrogen-bond donors (Lipinski definition) is 1. The Labute approximate surface area is 164 Å². The highest BCUT2D eigenvalue weighted by Gasteiger charge is 2.09. The minimum absolute atomic E-state index is 0.0362. The number of nitro benzene ring substituents is 1. The second-order valence-corrected chi connectivity index (χ2v) is 6.69. The van der Waals surface area contributed by atoms with E-state index in [1.165, 1.54) is 41.2 Å². The summed E-state index contributed by atoms with van der Waals surface area (Å²) in [6, 6.07) is 13.4. The van der Waals surface area contributed by atoms with Gasteiger partial charge in [-0.25, -0.2) is 9.78 Å². The number of aromatic nitrogens is 1. The Balaban J connectivity index is 1.43. The lowest BCUT2D eigenvalue weighted by Crippen LogP contribution is -2.14. The quantitative estimate of drug-likeness (QED) is 0.343. The van der Waals surface area contributed by atoms with Gasteiger partial charge in [0.05, 0.1) is 10.6 Å². The number of hydrogen-bond acceptors (Lipinski definition) is 8. The average molecular weight is 399 g/mol. The first-order valence-electron chi connectivity index (χ1n) is 8.30. The van der Waals surface area contributed by atoms with Crippen LogP contribution in [0.1, 0.15) is 11.3 Å². The largest absolute Gasteiger partial charge is 0.482 e. The molecule has 0 fully saturated rings. The van der Waals surface area contributed by atoms with Gasteiger partial charge in [0, 0.05) is 23.2 Å². The zero-order chi connectivity index (χ0) is 19.9. The summed E-state index contributed by atoms with van der Waals surface area (Å²) >= 11 is 1.41. The van der Waals surface area contributed by atoms with Crippen molar-refractivity contribution in [2.75, 3.05) is 11.9 Å². The number of carbonyl (C=O) groups excluding carboxylic acids is 1. The van der Waals surface area contributed by atoms with Crippen molar-refractivity contribution < 1.29 is 19.2 Å². The number of rotatable bonds is 8. The molecule has 8 nitrogen and oxygen atoms in total. The molecule has 0 aliphatic heterocycles. The fraction of sp³-hybridized carbons (Fsp3) is 0.158. The molecule has 1 heterocycles. The van der Waals surface area contributed by atoms with Crippen LogP contribution >= 0.6 is 11.3 Å². The highest BCUT2D eigenvalue weighted by molar-refractivity contribution is 7.13. The van der Waals surface area contributed by atoms with E-state index >= 15 is 0 Å². The van der Waals surface area contributed by atoms with Gasteiger partial charge in [-0.15, -0.1) is 11.3 Å². The predicted molar refractivity (Wildman–Crippen MR) is 105 cm³/mol. The summed E-state index contributed by atoms with van der Waals surface area (Å²) in [5.41, 5.74) is 2.69. The van der Waals surface area contributed by atoms with E-state index < -0.39 is 10.9 Å². The van der Waals surface area contributed by atoms with E-state index in [-0.39, 0.29) is 18.9 Å². The number of nitrogens with zero attached hydrogens (tertiary/aromatic N) is 2. The molecule has 0 aliphatic carbocycles. The number of carbonyl (C=O) groups is 1. The molecule has 0 atom stereocenters. The first-order valence-corrected chi connectivity index (χ1v) is 9.18. The second kappa shape index (κ2) is 8.96. The van der Waals surface area contributed by atoms with Crippen LogP contribution in [0.4, 0.5) is 16.5 Å². The smallest absolute Gasteiger partial charge is 0.344 e. The molecular formula is C19H17N3O5S. The Bertz CT molecular complexity index is 954. The van der Waals surface area contributed by atoms with Crippen LogP contribution in [-0.4, -0.2) is 22.5 Å². The topological polar surface area (TPSA) is 104 Å². The van der Waals surface area contributed by atoms with E-state index in [1.807, 2.05) is 31.2 Å². The fourth-order valence-corrected chi connectivity index (χ4v) is 2.91. The summed E-state index contributed by atoms with van der Waals surface area (Å²) in [5, 5.41) is 16.3. The Kier molecular flexibility index (Phi) is 6.18. The number of nitrogens with one attached hydrogen (secondary N) is 1. The Morgan fingerprint density at radius 1 is 1.18 bits per heavy atom. The number of benzene rings is 2. The van der Waals surface area contributed by atoms with Crippen LogP contribution < -0.4 is 10.1 Å². The van der Waals surface area contributed by atoms with Crippen LogP contribution in [0.5, 0.6) is 5.75 Å².